The molecule has 4 heterocycles. The lowest BCUT2D eigenvalue weighted by atomic mass is 9.93. The highest BCUT2D eigenvalue weighted by Gasteiger charge is 2.37. The van der Waals surface area contributed by atoms with Gasteiger partial charge in [-0.1, -0.05) is 10.8 Å². The van der Waals surface area contributed by atoms with Crippen molar-refractivity contribution >= 4 is 39.4 Å². The number of aromatic nitrogens is 4. The Hall–Kier alpha value is -5.45. The SMILES string of the molecule is COc1ccc2c(Cn3cc(COc4ccc5c(c4)c(/C(C)=C4/C(=O)OC(=O)C4=C(C)C)c(C)n5C)nn3)cc(=O)oc2c1. The van der Waals surface area contributed by atoms with Crippen LogP contribution >= 0.6 is 0 Å². The van der Waals surface area contributed by atoms with Gasteiger partial charge in [0.15, 0.2) is 0 Å². The highest BCUT2D eigenvalue weighted by molar-refractivity contribution is 6.22. The summed E-state index contributed by atoms with van der Waals surface area (Å²) in [5.41, 5.74) is 6.02. The van der Waals surface area contributed by atoms with Crippen molar-refractivity contribution in [3.63, 3.8) is 0 Å². The zero-order valence-corrected chi connectivity index (χ0v) is 25.2. The zero-order chi connectivity index (χ0) is 31.3. The zero-order valence-electron chi connectivity index (χ0n) is 25.2. The van der Waals surface area contributed by atoms with E-state index in [0.717, 1.165) is 33.1 Å². The first kappa shape index (κ1) is 28.7. The average Bonchev–Trinajstić information content (AvgIpc) is 3.64. The lowest BCUT2D eigenvalue weighted by molar-refractivity contribution is -0.149. The van der Waals surface area contributed by atoms with Gasteiger partial charge in [0.05, 0.1) is 31.0 Å². The Balaban J connectivity index is 1.27. The van der Waals surface area contributed by atoms with Gasteiger partial charge in [0, 0.05) is 46.7 Å². The van der Waals surface area contributed by atoms with E-state index in [-0.39, 0.29) is 12.2 Å². The lowest BCUT2D eigenvalue weighted by Gasteiger charge is -2.08. The molecule has 0 atom stereocenters. The molecule has 1 aliphatic heterocycles. The number of methoxy groups -OCH3 is 1. The molecule has 1 fully saturated rings. The summed E-state index contributed by atoms with van der Waals surface area (Å²) in [6.07, 6.45) is 1.76. The summed E-state index contributed by atoms with van der Waals surface area (Å²) >= 11 is 0. The second kappa shape index (κ2) is 11.0. The van der Waals surface area contributed by atoms with Crippen LogP contribution in [0.4, 0.5) is 0 Å². The van der Waals surface area contributed by atoms with Crippen molar-refractivity contribution < 1.29 is 28.2 Å². The van der Waals surface area contributed by atoms with Crippen molar-refractivity contribution in [2.75, 3.05) is 7.11 Å². The highest BCUT2D eigenvalue weighted by atomic mass is 16.6. The average molecular weight is 595 g/mol. The van der Waals surface area contributed by atoms with Crippen molar-refractivity contribution in [1.29, 1.82) is 0 Å². The Kier molecular flexibility index (Phi) is 7.16. The van der Waals surface area contributed by atoms with Gasteiger partial charge in [-0.2, -0.15) is 0 Å². The summed E-state index contributed by atoms with van der Waals surface area (Å²) < 4.78 is 25.3. The lowest BCUT2D eigenvalue weighted by Crippen LogP contribution is -2.06. The van der Waals surface area contributed by atoms with Gasteiger partial charge >= 0.3 is 17.6 Å². The fourth-order valence-corrected chi connectivity index (χ4v) is 5.71. The van der Waals surface area contributed by atoms with E-state index in [2.05, 4.69) is 10.3 Å². The van der Waals surface area contributed by atoms with Crippen LogP contribution in [0.1, 0.15) is 43.3 Å². The molecule has 0 aliphatic carbocycles. The number of carbonyl (C=O) groups excluding carboxylic acids is 2. The second-order valence-corrected chi connectivity index (χ2v) is 10.9. The summed E-state index contributed by atoms with van der Waals surface area (Å²) in [5.74, 6) is -0.0671. The van der Waals surface area contributed by atoms with Crippen LogP contribution in [0.5, 0.6) is 11.5 Å². The Labute approximate surface area is 251 Å². The fourth-order valence-electron chi connectivity index (χ4n) is 5.71. The number of nitrogens with zero attached hydrogens (tertiary/aromatic N) is 4. The highest BCUT2D eigenvalue weighted by Crippen LogP contribution is 2.39. The van der Waals surface area contributed by atoms with Gasteiger partial charge in [0.25, 0.3) is 0 Å². The molecule has 11 heteroatoms. The molecule has 0 saturated carbocycles. The third-order valence-electron chi connectivity index (χ3n) is 7.90. The molecule has 0 unspecified atom stereocenters. The summed E-state index contributed by atoms with van der Waals surface area (Å²) in [6.45, 7) is 7.85. The van der Waals surface area contributed by atoms with Crippen LogP contribution in [-0.2, 0) is 34.5 Å². The number of hydrogen-bond acceptors (Lipinski definition) is 9. The number of esters is 2. The number of benzene rings is 2. The van der Waals surface area contributed by atoms with Crippen molar-refractivity contribution in [3.8, 4) is 11.5 Å². The third-order valence-corrected chi connectivity index (χ3v) is 7.90. The molecule has 0 radical (unpaired) electrons. The minimum Gasteiger partial charge on any atom is -0.497 e. The molecule has 1 saturated heterocycles. The van der Waals surface area contributed by atoms with E-state index >= 15 is 0 Å². The molecule has 1 aliphatic rings. The third kappa shape index (κ3) is 4.96. The predicted molar refractivity (Wildman–Crippen MR) is 162 cm³/mol. The minimum atomic E-state index is -0.639. The molecule has 11 nitrogen and oxygen atoms in total. The summed E-state index contributed by atoms with van der Waals surface area (Å²) in [7, 11) is 3.50. The van der Waals surface area contributed by atoms with Gasteiger partial charge in [-0.15, -0.1) is 5.10 Å². The number of fused-ring (bicyclic) bond motifs is 2. The molecule has 2 aromatic carbocycles. The Morgan fingerprint density at radius 1 is 0.932 bits per heavy atom. The maximum Gasteiger partial charge on any atom is 0.347 e. The quantitative estimate of drug-likeness (QED) is 0.111. The predicted octanol–water partition coefficient (Wildman–Crippen LogP) is 5.01. The maximum atomic E-state index is 12.7. The van der Waals surface area contributed by atoms with E-state index in [1.807, 2.05) is 49.7 Å². The molecule has 0 N–H and O–H groups in total. The normalized spacial score (nSPS) is 14.5. The molecule has 3 aromatic heterocycles. The number of rotatable bonds is 7. The number of cyclic esters (lactones) is 2. The Morgan fingerprint density at radius 3 is 2.43 bits per heavy atom. The molecular weight excluding hydrogens is 564 g/mol. The van der Waals surface area contributed by atoms with Crippen LogP contribution in [0.25, 0.3) is 27.4 Å². The molecule has 0 amide bonds. The molecule has 44 heavy (non-hydrogen) atoms. The standard InChI is InChI=1S/C33H30N4O7/c1-17(2)29-31(33(40)44-32(29)39)18(3)30-19(4)36(5)26-10-8-23(12-25(26)30)42-16-21-15-37(35-34-21)14-20-11-28(38)43-27-13-22(41-6)7-9-24(20)27/h7-13,15H,14,16H2,1-6H3/b31-18+. The van der Waals surface area contributed by atoms with Gasteiger partial charge in [-0.05, 0) is 69.2 Å². The Bertz CT molecular complexity index is 2120. The van der Waals surface area contributed by atoms with E-state index in [1.54, 1.807) is 44.0 Å². The maximum absolute atomic E-state index is 12.7. The monoisotopic (exact) mass is 594 g/mol. The van der Waals surface area contributed by atoms with Crippen molar-refractivity contribution in [2.24, 2.45) is 7.05 Å². The van der Waals surface area contributed by atoms with E-state index in [9.17, 15) is 14.4 Å². The number of aryl methyl sites for hydroxylation is 1. The second-order valence-electron chi connectivity index (χ2n) is 10.9. The number of carbonyl (C=O) groups is 2. The molecule has 5 aromatic rings. The van der Waals surface area contributed by atoms with E-state index in [1.165, 1.54) is 6.07 Å². The van der Waals surface area contributed by atoms with Crippen LogP contribution in [0.15, 0.2) is 74.6 Å². The molecule has 0 spiro atoms. The molecule has 0 bridgehead atoms. The smallest absolute Gasteiger partial charge is 0.347 e. The fraction of sp³-hybridized carbons (Fsp3) is 0.242. The summed E-state index contributed by atoms with van der Waals surface area (Å²) in [5, 5.41) is 10.1. The number of hydrogen-bond donors (Lipinski definition) is 0. The first-order valence-electron chi connectivity index (χ1n) is 13.9. The minimum absolute atomic E-state index is 0.157. The number of allylic oxidation sites excluding steroid dienone is 2. The van der Waals surface area contributed by atoms with Gasteiger partial charge < -0.3 is 23.2 Å². The van der Waals surface area contributed by atoms with Crippen LogP contribution in [-0.4, -0.2) is 38.6 Å². The van der Waals surface area contributed by atoms with E-state index in [4.69, 9.17) is 18.6 Å². The molecular formula is C33H30N4O7. The van der Waals surface area contributed by atoms with Gasteiger partial charge in [0.2, 0.25) is 0 Å². The van der Waals surface area contributed by atoms with Crippen LogP contribution in [0.3, 0.4) is 0 Å². The molecule has 224 valence electrons. The van der Waals surface area contributed by atoms with Crippen LogP contribution in [0, 0.1) is 6.92 Å². The first-order valence-corrected chi connectivity index (χ1v) is 13.9. The number of ether oxygens (including phenoxy) is 3. The van der Waals surface area contributed by atoms with E-state index in [0.29, 0.717) is 46.0 Å². The summed E-state index contributed by atoms with van der Waals surface area (Å²) in [4.78, 5) is 37.3. The largest absolute Gasteiger partial charge is 0.497 e. The topological polar surface area (TPSA) is 128 Å². The first-order chi connectivity index (χ1) is 21.0. The van der Waals surface area contributed by atoms with Crippen LogP contribution < -0.4 is 15.1 Å². The molecule has 6 rings (SSSR count). The van der Waals surface area contributed by atoms with Gasteiger partial charge in [-0.25, -0.2) is 19.1 Å². The van der Waals surface area contributed by atoms with Crippen molar-refractivity contribution in [1.82, 2.24) is 19.6 Å². The van der Waals surface area contributed by atoms with Crippen molar-refractivity contribution in [2.45, 2.75) is 40.8 Å². The van der Waals surface area contributed by atoms with Gasteiger partial charge in [-0.3, -0.25) is 0 Å². The van der Waals surface area contributed by atoms with Crippen LogP contribution in [0.2, 0.25) is 0 Å². The van der Waals surface area contributed by atoms with Gasteiger partial charge in [0.1, 0.15) is 29.4 Å². The summed E-state index contributed by atoms with van der Waals surface area (Å²) in [6, 6.07) is 12.5. The van der Waals surface area contributed by atoms with Crippen molar-refractivity contribution in [3.05, 3.63) is 98.3 Å². The van der Waals surface area contributed by atoms with E-state index < -0.39 is 17.6 Å². The Morgan fingerprint density at radius 2 is 1.68 bits per heavy atom.